The molecule has 1 fully saturated rings. The van der Waals surface area contributed by atoms with E-state index in [0.29, 0.717) is 6.10 Å². The van der Waals surface area contributed by atoms with Crippen molar-refractivity contribution in [3.05, 3.63) is 18.2 Å². The van der Waals surface area contributed by atoms with Crippen LogP contribution in [0.2, 0.25) is 0 Å². The third kappa shape index (κ3) is 2.79. The molecule has 0 spiro atoms. The van der Waals surface area contributed by atoms with Gasteiger partial charge in [0.1, 0.15) is 5.82 Å². The maximum Gasteiger partial charge on any atom is 0.122 e. The monoisotopic (exact) mass is 209 g/mol. The largest absolute Gasteiger partial charge is 0.377 e. The van der Waals surface area contributed by atoms with Crippen molar-refractivity contribution < 1.29 is 4.74 Å². The Morgan fingerprint density at radius 3 is 3.33 bits per heavy atom. The predicted molar refractivity (Wildman–Crippen MR) is 58.6 cm³/mol. The van der Waals surface area contributed by atoms with Crippen molar-refractivity contribution in [2.45, 2.75) is 39.0 Å². The second-order valence-corrected chi connectivity index (χ2v) is 3.90. The standard InChI is InChI=1S/C11H19N3O/c1-2-14-6-5-13-11(14)9-12-8-10-4-3-7-15-10/h5-6,10,12H,2-4,7-9H2,1H3/t10-/m1/s1. The lowest BCUT2D eigenvalue weighted by Gasteiger charge is -2.11. The number of ether oxygens (including phenoxy) is 1. The van der Waals surface area contributed by atoms with Crippen LogP contribution >= 0.6 is 0 Å². The number of nitrogens with one attached hydrogen (secondary N) is 1. The Morgan fingerprint density at radius 1 is 1.67 bits per heavy atom. The zero-order valence-corrected chi connectivity index (χ0v) is 9.28. The van der Waals surface area contributed by atoms with E-state index in [-0.39, 0.29) is 0 Å². The van der Waals surface area contributed by atoms with E-state index in [4.69, 9.17) is 4.74 Å². The SMILES string of the molecule is CCn1ccnc1CNC[C@H]1CCCO1. The second-order valence-electron chi connectivity index (χ2n) is 3.90. The molecule has 0 aliphatic carbocycles. The first-order valence-electron chi connectivity index (χ1n) is 5.72. The fourth-order valence-electron chi connectivity index (χ4n) is 1.95. The Balaban J connectivity index is 1.73. The molecule has 1 N–H and O–H groups in total. The molecule has 1 aromatic rings. The van der Waals surface area contributed by atoms with E-state index in [1.807, 2.05) is 12.4 Å². The summed E-state index contributed by atoms with van der Waals surface area (Å²) in [5.41, 5.74) is 0. The van der Waals surface area contributed by atoms with Crippen LogP contribution in [0.3, 0.4) is 0 Å². The molecule has 0 bridgehead atoms. The molecule has 4 nitrogen and oxygen atoms in total. The summed E-state index contributed by atoms with van der Waals surface area (Å²) in [6.07, 6.45) is 6.68. The number of nitrogens with zero attached hydrogens (tertiary/aromatic N) is 2. The van der Waals surface area contributed by atoms with Crippen LogP contribution in [0, 0.1) is 0 Å². The van der Waals surface area contributed by atoms with Crippen molar-refractivity contribution in [3.8, 4) is 0 Å². The van der Waals surface area contributed by atoms with Crippen molar-refractivity contribution in [1.29, 1.82) is 0 Å². The van der Waals surface area contributed by atoms with E-state index in [0.717, 1.165) is 32.1 Å². The van der Waals surface area contributed by atoms with Crippen LogP contribution in [0.25, 0.3) is 0 Å². The van der Waals surface area contributed by atoms with E-state index < -0.39 is 0 Å². The molecule has 0 unspecified atom stereocenters. The molecule has 1 aliphatic rings. The molecule has 84 valence electrons. The van der Waals surface area contributed by atoms with E-state index in [9.17, 15) is 0 Å². The summed E-state index contributed by atoms with van der Waals surface area (Å²) < 4.78 is 7.69. The molecule has 2 rings (SSSR count). The number of hydrogen-bond acceptors (Lipinski definition) is 3. The molecule has 0 saturated carbocycles. The maximum absolute atomic E-state index is 5.54. The predicted octanol–water partition coefficient (Wildman–Crippen LogP) is 1.17. The summed E-state index contributed by atoms with van der Waals surface area (Å²) >= 11 is 0. The van der Waals surface area contributed by atoms with Crippen LogP contribution in [-0.4, -0.2) is 28.8 Å². The highest BCUT2D eigenvalue weighted by atomic mass is 16.5. The van der Waals surface area contributed by atoms with Gasteiger partial charge in [-0.05, 0) is 19.8 Å². The Kier molecular flexibility index (Phi) is 3.75. The Bertz CT molecular complexity index is 292. The maximum atomic E-state index is 5.54. The summed E-state index contributed by atoms with van der Waals surface area (Å²) in [5.74, 6) is 1.11. The van der Waals surface area contributed by atoms with Gasteiger partial charge in [-0.2, -0.15) is 0 Å². The molecular formula is C11H19N3O. The Morgan fingerprint density at radius 2 is 2.60 bits per heavy atom. The molecule has 1 aliphatic heterocycles. The molecule has 0 radical (unpaired) electrons. The highest BCUT2D eigenvalue weighted by Gasteiger charge is 2.14. The van der Waals surface area contributed by atoms with Crippen LogP contribution in [0.4, 0.5) is 0 Å². The number of hydrogen-bond donors (Lipinski definition) is 1. The first kappa shape index (κ1) is 10.6. The highest BCUT2D eigenvalue weighted by molar-refractivity contribution is 4.91. The lowest BCUT2D eigenvalue weighted by Crippen LogP contribution is -2.27. The zero-order valence-electron chi connectivity index (χ0n) is 9.28. The van der Waals surface area contributed by atoms with Crippen LogP contribution in [0.15, 0.2) is 12.4 Å². The Hall–Kier alpha value is -0.870. The van der Waals surface area contributed by atoms with Gasteiger partial charge in [-0.1, -0.05) is 0 Å². The third-order valence-electron chi connectivity index (χ3n) is 2.82. The molecular weight excluding hydrogens is 190 g/mol. The van der Waals surface area contributed by atoms with Gasteiger partial charge in [0.25, 0.3) is 0 Å². The van der Waals surface area contributed by atoms with Gasteiger partial charge in [-0.25, -0.2) is 4.98 Å². The molecule has 1 aromatic heterocycles. The van der Waals surface area contributed by atoms with Crippen LogP contribution in [-0.2, 0) is 17.8 Å². The normalized spacial score (nSPS) is 21.0. The smallest absolute Gasteiger partial charge is 0.122 e. The molecule has 15 heavy (non-hydrogen) atoms. The fourth-order valence-corrected chi connectivity index (χ4v) is 1.95. The summed E-state index contributed by atoms with van der Waals surface area (Å²) in [6, 6.07) is 0. The number of aryl methyl sites for hydroxylation is 1. The van der Waals surface area contributed by atoms with Gasteiger partial charge in [0.05, 0.1) is 12.6 Å². The molecule has 1 saturated heterocycles. The summed E-state index contributed by atoms with van der Waals surface area (Å²) in [5, 5.41) is 3.40. The van der Waals surface area contributed by atoms with Gasteiger partial charge in [0, 0.05) is 32.1 Å². The van der Waals surface area contributed by atoms with Crippen molar-refractivity contribution in [2.24, 2.45) is 0 Å². The lowest BCUT2D eigenvalue weighted by molar-refractivity contribution is 0.109. The first-order valence-corrected chi connectivity index (χ1v) is 5.72. The zero-order chi connectivity index (χ0) is 10.5. The fraction of sp³-hybridized carbons (Fsp3) is 0.727. The average molecular weight is 209 g/mol. The van der Waals surface area contributed by atoms with Gasteiger partial charge in [-0.15, -0.1) is 0 Å². The molecule has 1 atom stereocenters. The molecule has 2 heterocycles. The van der Waals surface area contributed by atoms with Crippen molar-refractivity contribution in [3.63, 3.8) is 0 Å². The van der Waals surface area contributed by atoms with Crippen molar-refractivity contribution in [2.75, 3.05) is 13.2 Å². The summed E-state index contributed by atoms with van der Waals surface area (Å²) in [6.45, 7) is 5.81. The van der Waals surface area contributed by atoms with Crippen LogP contribution in [0.5, 0.6) is 0 Å². The van der Waals surface area contributed by atoms with E-state index in [1.165, 1.54) is 12.8 Å². The van der Waals surface area contributed by atoms with E-state index in [2.05, 4.69) is 21.8 Å². The third-order valence-corrected chi connectivity index (χ3v) is 2.82. The van der Waals surface area contributed by atoms with Gasteiger partial charge in [0.15, 0.2) is 0 Å². The first-order chi connectivity index (χ1) is 7.40. The lowest BCUT2D eigenvalue weighted by atomic mass is 10.2. The topological polar surface area (TPSA) is 39.1 Å². The summed E-state index contributed by atoms with van der Waals surface area (Å²) in [7, 11) is 0. The average Bonchev–Trinajstić information content (AvgIpc) is 2.88. The van der Waals surface area contributed by atoms with E-state index in [1.54, 1.807) is 0 Å². The minimum Gasteiger partial charge on any atom is -0.377 e. The molecule has 0 aromatic carbocycles. The second kappa shape index (κ2) is 5.28. The van der Waals surface area contributed by atoms with Gasteiger partial charge in [-0.3, -0.25) is 0 Å². The number of imidazole rings is 1. The number of aromatic nitrogens is 2. The van der Waals surface area contributed by atoms with Crippen LogP contribution in [0.1, 0.15) is 25.6 Å². The Labute approximate surface area is 90.6 Å². The molecule has 4 heteroatoms. The number of rotatable bonds is 5. The van der Waals surface area contributed by atoms with Crippen LogP contribution < -0.4 is 5.32 Å². The summed E-state index contributed by atoms with van der Waals surface area (Å²) in [4.78, 5) is 4.31. The van der Waals surface area contributed by atoms with Gasteiger partial charge < -0.3 is 14.6 Å². The molecule has 0 amide bonds. The quantitative estimate of drug-likeness (QED) is 0.791. The van der Waals surface area contributed by atoms with E-state index >= 15 is 0 Å². The highest BCUT2D eigenvalue weighted by Crippen LogP contribution is 2.10. The van der Waals surface area contributed by atoms with Crippen molar-refractivity contribution in [1.82, 2.24) is 14.9 Å². The minimum absolute atomic E-state index is 0.412. The van der Waals surface area contributed by atoms with Gasteiger partial charge in [0.2, 0.25) is 0 Å². The minimum atomic E-state index is 0.412. The van der Waals surface area contributed by atoms with Gasteiger partial charge >= 0.3 is 0 Å². The van der Waals surface area contributed by atoms with Crippen molar-refractivity contribution >= 4 is 0 Å².